The van der Waals surface area contributed by atoms with Crippen LogP contribution in [0, 0.1) is 0 Å². The third kappa shape index (κ3) is 5.24. The third-order valence-corrected chi connectivity index (χ3v) is 3.47. The number of carbonyl (C=O) groups excluding carboxylic acids is 1. The molecule has 0 unspecified atom stereocenters. The van der Waals surface area contributed by atoms with Crippen molar-refractivity contribution in [2.45, 2.75) is 26.2 Å². The van der Waals surface area contributed by atoms with E-state index >= 15 is 0 Å². The van der Waals surface area contributed by atoms with Crippen LogP contribution < -0.4 is 10.1 Å². The Morgan fingerprint density at radius 3 is 2.50 bits per heavy atom. The van der Waals surface area contributed by atoms with Crippen LogP contribution in [-0.2, 0) is 17.6 Å². The second kappa shape index (κ2) is 8.88. The van der Waals surface area contributed by atoms with Gasteiger partial charge in [-0.1, -0.05) is 48.5 Å². The molecule has 0 aliphatic heterocycles. The Hall–Kier alpha value is -2.29. The van der Waals surface area contributed by atoms with Gasteiger partial charge in [-0.3, -0.25) is 4.79 Å². The Kier molecular flexibility index (Phi) is 6.49. The second-order valence-corrected chi connectivity index (χ2v) is 5.13. The van der Waals surface area contributed by atoms with Crippen molar-refractivity contribution in [3.05, 3.63) is 65.7 Å². The van der Waals surface area contributed by atoms with Crippen molar-refractivity contribution in [2.24, 2.45) is 0 Å². The van der Waals surface area contributed by atoms with E-state index in [0.717, 1.165) is 17.7 Å². The lowest BCUT2D eigenvalue weighted by Crippen LogP contribution is -2.25. The zero-order chi connectivity index (χ0) is 15.6. The molecular formula is C19H23NO2. The number of nitrogens with one attached hydrogen (secondary N) is 1. The van der Waals surface area contributed by atoms with Gasteiger partial charge in [-0.05, 0) is 37.0 Å². The monoisotopic (exact) mass is 297 g/mol. The molecule has 3 nitrogen and oxygen atoms in total. The number of ether oxygens (including phenoxy) is 1. The van der Waals surface area contributed by atoms with Crippen molar-refractivity contribution in [3.63, 3.8) is 0 Å². The summed E-state index contributed by atoms with van der Waals surface area (Å²) in [4.78, 5) is 11.9. The molecule has 116 valence electrons. The third-order valence-electron chi connectivity index (χ3n) is 3.47. The van der Waals surface area contributed by atoms with Gasteiger partial charge < -0.3 is 10.1 Å². The summed E-state index contributed by atoms with van der Waals surface area (Å²) in [6.07, 6.45) is 2.05. The average molecular weight is 297 g/mol. The number of amides is 1. The highest BCUT2D eigenvalue weighted by Gasteiger charge is 2.06. The van der Waals surface area contributed by atoms with Crippen LogP contribution in [-0.4, -0.2) is 19.1 Å². The summed E-state index contributed by atoms with van der Waals surface area (Å²) < 4.78 is 5.58. The van der Waals surface area contributed by atoms with Gasteiger partial charge in [0.15, 0.2) is 0 Å². The highest BCUT2D eigenvalue weighted by molar-refractivity contribution is 5.76. The first-order chi connectivity index (χ1) is 10.8. The van der Waals surface area contributed by atoms with Crippen LogP contribution in [0.2, 0.25) is 0 Å². The molecular weight excluding hydrogens is 274 g/mol. The molecule has 1 amide bonds. The van der Waals surface area contributed by atoms with Gasteiger partial charge in [0, 0.05) is 13.0 Å². The average Bonchev–Trinajstić information content (AvgIpc) is 2.55. The van der Waals surface area contributed by atoms with E-state index in [1.807, 2.05) is 49.4 Å². The van der Waals surface area contributed by atoms with Gasteiger partial charge in [-0.2, -0.15) is 0 Å². The molecule has 3 heteroatoms. The summed E-state index contributed by atoms with van der Waals surface area (Å²) >= 11 is 0. The normalized spacial score (nSPS) is 10.2. The zero-order valence-corrected chi connectivity index (χ0v) is 13.0. The lowest BCUT2D eigenvalue weighted by molar-refractivity contribution is -0.121. The summed E-state index contributed by atoms with van der Waals surface area (Å²) in [7, 11) is 0. The molecule has 0 bridgehead atoms. The van der Waals surface area contributed by atoms with Gasteiger partial charge in [0.25, 0.3) is 0 Å². The van der Waals surface area contributed by atoms with E-state index in [9.17, 15) is 4.79 Å². The Labute approximate surface area is 132 Å². The number of aryl methyl sites for hydroxylation is 1. The van der Waals surface area contributed by atoms with Gasteiger partial charge in [0.1, 0.15) is 5.75 Å². The number of para-hydroxylation sites is 1. The fourth-order valence-electron chi connectivity index (χ4n) is 2.33. The van der Waals surface area contributed by atoms with Gasteiger partial charge in [-0.15, -0.1) is 0 Å². The Balaban J connectivity index is 1.74. The number of rotatable bonds is 8. The standard InChI is InChI=1S/C19H23NO2/c1-2-22-18-11-7-6-10-17(18)12-13-19(21)20-15-14-16-8-4-3-5-9-16/h3-11H,2,12-15H2,1H3,(H,20,21). The molecule has 2 aromatic carbocycles. The second-order valence-electron chi connectivity index (χ2n) is 5.13. The maximum Gasteiger partial charge on any atom is 0.220 e. The molecule has 0 heterocycles. The molecule has 1 N–H and O–H groups in total. The first-order valence-electron chi connectivity index (χ1n) is 7.81. The Bertz CT molecular complexity index is 581. The lowest BCUT2D eigenvalue weighted by atomic mass is 10.1. The maximum atomic E-state index is 11.9. The molecule has 22 heavy (non-hydrogen) atoms. The fourth-order valence-corrected chi connectivity index (χ4v) is 2.33. The molecule has 0 aromatic heterocycles. The molecule has 0 aliphatic carbocycles. The number of hydrogen-bond acceptors (Lipinski definition) is 2. The summed E-state index contributed by atoms with van der Waals surface area (Å²) in [5.41, 5.74) is 2.33. The first kappa shape index (κ1) is 16.1. The Morgan fingerprint density at radius 2 is 1.73 bits per heavy atom. The van der Waals surface area contributed by atoms with E-state index in [1.165, 1.54) is 5.56 Å². The smallest absolute Gasteiger partial charge is 0.220 e. The number of hydrogen-bond donors (Lipinski definition) is 1. The quantitative estimate of drug-likeness (QED) is 0.811. The summed E-state index contributed by atoms with van der Waals surface area (Å²) in [6.45, 7) is 3.28. The predicted molar refractivity (Wildman–Crippen MR) is 89.1 cm³/mol. The minimum absolute atomic E-state index is 0.0854. The molecule has 2 aromatic rings. The van der Waals surface area contributed by atoms with Crippen molar-refractivity contribution in [1.82, 2.24) is 5.32 Å². The van der Waals surface area contributed by atoms with Crippen molar-refractivity contribution in [3.8, 4) is 5.75 Å². The molecule has 0 saturated heterocycles. The van der Waals surface area contributed by atoms with Crippen LogP contribution in [0.4, 0.5) is 0 Å². The molecule has 0 spiro atoms. The van der Waals surface area contributed by atoms with Crippen LogP contribution in [0.3, 0.4) is 0 Å². The van der Waals surface area contributed by atoms with Crippen molar-refractivity contribution < 1.29 is 9.53 Å². The SMILES string of the molecule is CCOc1ccccc1CCC(=O)NCCc1ccccc1. The van der Waals surface area contributed by atoms with Gasteiger partial charge in [0.05, 0.1) is 6.61 Å². The summed E-state index contributed by atoms with van der Waals surface area (Å²) in [6, 6.07) is 18.1. The molecule has 0 aliphatic rings. The van der Waals surface area contributed by atoms with Crippen molar-refractivity contribution in [2.75, 3.05) is 13.2 Å². The predicted octanol–water partition coefficient (Wildman–Crippen LogP) is 3.38. The van der Waals surface area contributed by atoms with Crippen LogP contribution in [0.15, 0.2) is 54.6 Å². The van der Waals surface area contributed by atoms with E-state index < -0.39 is 0 Å². The van der Waals surface area contributed by atoms with Crippen LogP contribution in [0.1, 0.15) is 24.5 Å². The molecule has 0 atom stereocenters. The van der Waals surface area contributed by atoms with E-state index in [-0.39, 0.29) is 5.91 Å². The number of benzene rings is 2. The van der Waals surface area contributed by atoms with Crippen molar-refractivity contribution >= 4 is 5.91 Å². The van der Waals surface area contributed by atoms with Gasteiger partial charge in [-0.25, -0.2) is 0 Å². The van der Waals surface area contributed by atoms with E-state index in [2.05, 4.69) is 17.4 Å². The van der Waals surface area contributed by atoms with Crippen LogP contribution in [0.25, 0.3) is 0 Å². The Morgan fingerprint density at radius 1 is 1.00 bits per heavy atom. The minimum atomic E-state index is 0.0854. The van der Waals surface area contributed by atoms with Crippen LogP contribution in [0.5, 0.6) is 5.75 Å². The highest BCUT2D eigenvalue weighted by atomic mass is 16.5. The van der Waals surface area contributed by atoms with E-state index in [4.69, 9.17) is 4.74 Å². The lowest BCUT2D eigenvalue weighted by Gasteiger charge is -2.10. The molecule has 2 rings (SSSR count). The first-order valence-corrected chi connectivity index (χ1v) is 7.81. The highest BCUT2D eigenvalue weighted by Crippen LogP contribution is 2.19. The van der Waals surface area contributed by atoms with E-state index in [1.54, 1.807) is 0 Å². The number of carbonyl (C=O) groups is 1. The zero-order valence-electron chi connectivity index (χ0n) is 13.0. The topological polar surface area (TPSA) is 38.3 Å². The largest absolute Gasteiger partial charge is 0.494 e. The molecule has 0 fully saturated rings. The van der Waals surface area contributed by atoms with Gasteiger partial charge in [0.2, 0.25) is 5.91 Å². The summed E-state index contributed by atoms with van der Waals surface area (Å²) in [5.74, 6) is 0.962. The molecule has 0 radical (unpaired) electrons. The van der Waals surface area contributed by atoms with Crippen LogP contribution >= 0.6 is 0 Å². The molecule has 0 saturated carbocycles. The van der Waals surface area contributed by atoms with Crippen molar-refractivity contribution in [1.29, 1.82) is 0 Å². The summed E-state index contributed by atoms with van der Waals surface area (Å²) in [5, 5.41) is 2.97. The maximum absolute atomic E-state index is 11.9. The minimum Gasteiger partial charge on any atom is -0.494 e. The van der Waals surface area contributed by atoms with E-state index in [0.29, 0.717) is 26.0 Å². The fraction of sp³-hybridized carbons (Fsp3) is 0.316. The van der Waals surface area contributed by atoms with Gasteiger partial charge >= 0.3 is 0 Å².